The van der Waals surface area contributed by atoms with Gasteiger partial charge < -0.3 is 4.90 Å². The molecule has 1 aliphatic carbocycles. The van der Waals surface area contributed by atoms with Crippen LogP contribution in [0.15, 0.2) is 49.0 Å². The second-order valence-corrected chi connectivity index (χ2v) is 6.36. The fourth-order valence-corrected chi connectivity index (χ4v) is 3.33. The van der Waals surface area contributed by atoms with E-state index in [-0.39, 0.29) is 5.82 Å². The lowest BCUT2D eigenvalue weighted by atomic mass is 9.88. The molecular weight excluding hydrogens is 273 g/mol. The zero-order valence-electron chi connectivity index (χ0n) is 13.3. The van der Waals surface area contributed by atoms with Crippen molar-refractivity contribution in [3.05, 3.63) is 77.1 Å². The molecule has 0 heterocycles. The monoisotopic (exact) mass is 295 g/mol. The molecule has 1 nitrogen and oxygen atoms in total. The van der Waals surface area contributed by atoms with Crippen LogP contribution in [0.5, 0.6) is 0 Å². The van der Waals surface area contributed by atoms with E-state index in [1.54, 1.807) is 12.1 Å². The molecule has 0 radical (unpaired) electrons. The van der Waals surface area contributed by atoms with Gasteiger partial charge in [-0.1, -0.05) is 36.9 Å². The number of benzene rings is 2. The fraction of sp³-hybridized carbons (Fsp3) is 0.300. The molecule has 0 saturated heterocycles. The predicted molar refractivity (Wildman–Crippen MR) is 90.6 cm³/mol. The van der Waals surface area contributed by atoms with E-state index < -0.39 is 0 Å². The van der Waals surface area contributed by atoms with Crippen molar-refractivity contribution in [2.75, 3.05) is 20.6 Å². The maximum atomic E-state index is 13.7. The Hall–Kier alpha value is -1.93. The van der Waals surface area contributed by atoms with Gasteiger partial charge in [0, 0.05) is 0 Å². The van der Waals surface area contributed by atoms with Crippen molar-refractivity contribution in [3.63, 3.8) is 0 Å². The molecule has 114 valence electrons. The molecule has 0 saturated carbocycles. The van der Waals surface area contributed by atoms with Crippen molar-refractivity contribution in [2.45, 2.75) is 18.8 Å². The Morgan fingerprint density at radius 2 is 1.91 bits per heavy atom. The molecule has 0 aliphatic heterocycles. The molecule has 1 atom stereocenters. The summed E-state index contributed by atoms with van der Waals surface area (Å²) in [7, 11) is 4.20. The highest BCUT2D eigenvalue weighted by Crippen LogP contribution is 2.39. The van der Waals surface area contributed by atoms with E-state index in [9.17, 15) is 4.39 Å². The summed E-state index contributed by atoms with van der Waals surface area (Å²) in [6.07, 6.45) is 2.04. The Balaban J connectivity index is 2.08. The molecule has 1 aliphatic rings. The highest BCUT2D eigenvalue weighted by atomic mass is 19.1. The highest BCUT2D eigenvalue weighted by Gasteiger charge is 2.24. The minimum absolute atomic E-state index is 0.191. The molecule has 0 aromatic heterocycles. The van der Waals surface area contributed by atoms with Gasteiger partial charge in [0.05, 0.1) is 0 Å². The summed E-state index contributed by atoms with van der Waals surface area (Å²) >= 11 is 0. The van der Waals surface area contributed by atoms with Gasteiger partial charge in [-0.3, -0.25) is 0 Å². The van der Waals surface area contributed by atoms with E-state index in [1.807, 2.05) is 12.1 Å². The molecule has 0 spiro atoms. The Morgan fingerprint density at radius 3 is 2.68 bits per heavy atom. The SMILES string of the molecule is C=C1c2cc(F)ccc2CC(CCN(C)C)c2ccccc21. The summed E-state index contributed by atoms with van der Waals surface area (Å²) < 4.78 is 13.7. The summed E-state index contributed by atoms with van der Waals surface area (Å²) in [5, 5.41) is 0. The van der Waals surface area contributed by atoms with E-state index in [0.717, 1.165) is 36.1 Å². The molecule has 2 aromatic rings. The Labute approximate surface area is 132 Å². The lowest BCUT2D eigenvalue weighted by Gasteiger charge is -2.20. The number of hydrogen-bond donors (Lipinski definition) is 0. The maximum Gasteiger partial charge on any atom is 0.123 e. The second kappa shape index (κ2) is 6.05. The fourth-order valence-electron chi connectivity index (χ4n) is 3.33. The minimum atomic E-state index is -0.191. The van der Waals surface area contributed by atoms with Crippen molar-refractivity contribution >= 4 is 5.57 Å². The summed E-state index contributed by atoms with van der Waals surface area (Å²) in [5.41, 5.74) is 5.60. The first kappa shape index (κ1) is 15.0. The molecule has 1 unspecified atom stereocenters. The number of halogens is 1. The third-order valence-electron chi connectivity index (χ3n) is 4.51. The molecule has 2 heteroatoms. The van der Waals surface area contributed by atoms with Crippen molar-refractivity contribution in [2.24, 2.45) is 0 Å². The van der Waals surface area contributed by atoms with Crippen molar-refractivity contribution in [3.8, 4) is 0 Å². The van der Waals surface area contributed by atoms with Crippen LogP contribution < -0.4 is 0 Å². The zero-order chi connectivity index (χ0) is 15.7. The van der Waals surface area contributed by atoms with Gasteiger partial charge in [0.2, 0.25) is 0 Å². The number of rotatable bonds is 3. The average Bonchev–Trinajstić information content (AvgIpc) is 2.62. The number of nitrogens with zero attached hydrogens (tertiary/aromatic N) is 1. The third-order valence-corrected chi connectivity index (χ3v) is 4.51. The van der Waals surface area contributed by atoms with Gasteiger partial charge in [-0.15, -0.1) is 0 Å². The van der Waals surface area contributed by atoms with Gasteiger partial charge in [-0.05, 0) is 79.4 Å². The van der Waals surface area contributed by atoms with E-state index in [2.05, 4.69) is 43.8 Å². The summed E-state index contributed by atoms with van der Waals surface area (Å²) in [5.74, 6) is 0.256. The average molecular weight is 295 g/mol. The highest BCUT2D eigenvalue weighted by molar-refractivity contribution is 5.82. The van der Waals surface area contributed by atoms with E-state index in [0.29, 0.717) is 5.92 Å². The van der Waals surface area contributed by atoms with E-state index >= 15 is 0 Å². The number of hydrogen-bond acceptors (Lipinski definition) is 1. The first-order valence-electron chi connectivity index (χ1n) is 7.78. The van der Waals surface area contributed by atoms with Gasteiger partial charge in [0.15, 0.2) is 0 Å². The van der Waals surface area contributed by atoms with Gasteiger partial charge in [0.1, 0.15) is 5.82 Å². The molecular formula is C20H22FN. The first-order chi connectivity index (χ1) is 10.6. The molecule has 22 heavy (non-hydrogen) atoms. The van der Waals surface area contributed by atoms with Crippen LogP contribution in [0.2, 0.25) is 0 Å². The largest absolute Gasteiger partial charge is 0.309 e. The zero-order valence-corrected chi connectivity index (χ0v) is 13.3. The van der Waals surface area contributed by atoms with Crippen LogP contribution in [0.3, 0.4) is 0 Å². The van der Waals surface area contributed by atoms with Crippen molar-refractivity contribution < 1.29 is 4.39 Å². The lowest BCUT2D eigenvalue weighted by Crippen LogP contribution is -2.17. The first-order valence-corrected chi connectivity index (χ1v) is 7.78. The predicted octanol–water partition coefficient (Wildman–Crippen LogP) is 4.48. The van der Waals surface area contributed by atoms with Crippen molar-refractivity contribution in [1.29, 1.82) is 0 Å². The lowest BCUT2D eigenvalue weighted by molar-refractivity contribution is 0.380. The molecule has 0 bridgehead atoms. The third kappa shape index (κ3) is 2.84. The Bertz CT molecular complexity index is 703. The Morgan fingerprint density at radius 1 is 1.14 bits per heavy atom. The quantitative estimate of drug-likeness (QED) is 0.807. The van der Waals surface area contributed by atoms with Crippen LogP contribution in [0.4, 0.5) is 4.39 Å². The van der Waals surface area contributed by atoms with Gasteiger partial charge in [-0.2, -0.15) is 0 Å². The normalized spacial score (nSPS) is 17.1. The smallest absolute Gasteiger partial charge is 0.123 e. The van der Waals surface area contributed by atoms with Crippen molar-refractivity contribution in [1.82, 2.24) is 4.90 Å². The van der Waals surface area contributed by atoms with E-state index in [4.69, 9.17) is 0 Å². The molecule has 2 aromatic carbocycles. The van der Waals surface area contributed by atoms with Crippen LogP contribution in [0.1, 0.15) is 34.6 Å². The topological polar surface area (TPSA) is 3.24 Å². The second-order valence-electron chi connectivity index (χ2n) is 6.36. The molecule has 3 rings (SSSR count). The van der Waals surface area contributed by atoms with Gasteiger partial charge in [0.25, 0.3) is 0 Å². The van der Waals surface area contributed by atoms with Crippen LogP contribution in [-0.2, 0) is 6.42 Å². The maximum absolute atomic E-state index is 13.7. The van der Waals surface area contributed by atoms with Gasteiger partial charge in [-0.25, -0.2) is 4.39 Å². The molecule has 0 N–H and O–H groups in total. The standard InChI is InChI=1S/C20H22FN/c1-14-18-6-4-5-7-19(18)16(10-11-22(2)3)12-15-8-9-17(21)13-20(14)15/h4-9,13,16H,1,10-12H2,2-3H3. The van der Waals surface area contributed by atoms with Crippen LogP contribution >= 0.6 is 0 Å². The number of fused-ring (bicyclic) bond motifs is 2. The molecule has 0 amide bonds. The van der Waals surface area contributed by atoms with Crippen LogP contribution in [0, 0.1) is 5.82 Å². The van der Waals surface area contributed by atoms with Crippen LogP contribution in [0.25, 0.3) is 5.57 Å². The Kier molecular flexibility index (Phi) is 4.12. The van der Waals surface area contributed by atoms with Gasteiger partial charge >= 0.3 is 0 Å². The summed E-state index contributed by atoms with van der Waals surface area (Å²) in [4.78, 5) is 2.22. The molecule has 0 fully saturated rings. The summed E-state index contributed by atoms with van der Waals surface area (Å²) in [6, 6.07) is 13.5. The minimum Gasteiger partial charge on any atom is -0.309 e. The van der Waals surface area contributed by atoms with E-state index in [1.165, 1.54) is 11.1 Å². The summed E-state index contributed by atoms with van der Waals surface area (Å²) in [6.45, 7) is 5.29. The van der Waals surface area contributed by atoms with Crippen LogP contribution in [-0.4, -0.2) is 25.5 Å².